The van der Waals surface area contributed by atoms with Crippen molar-refractivity contribution in [3.05, 3.63) is 42.0 Å². The molecule has 0 fully saturated rings. The molecule has 0 heterocycles. The van der Waals surface area contributed by atoms with Crippen LogP contribution in [0.5, 0.6) is 5.75 Å². The van der Waals surface area contributed by atoms with Crippen molar-refractivity contribution in [1.29, 1.82) is 0 Å². The molecule has 0 unspecified atom stereocenters. The highest BCUT2D eigenvalue weighted by molar-refractivity contribution is 6.76. The third-order valence-corrected chi connectivity index (χ3v) is 14.4. The predicted molar refractivity (Wildman–Crippen MR) is 157 cm³/mol. The van der Waals surface area contributed by atoms with Crippen molar-refractivity contribution in [1.82, 2.24) is 5.48 Å². The number of aliphatic hydroxyl groups is 1. The van der Waals surface area contributed by atoms with E-state index in [9.17, 15) is 84.5 Å². The van der Waals surface area contributed by atoms with Crippen molar-refractivity contribution in [2.45, 2.75) is 112 Å². The number of benzene rings is 1. The highest BCUT2D eigenvalue weighted by Crippen LogP contribution is 2.64. The number of hydroxylamine groups is 1. The first-order chi connectivity index (χ1) is 24.1. The predicted octanol–water partition coefficient (Wildman–Crippen LogP) is 9.98. The number of ether oxygens (including phenoxy) is 1. The smallest absolute Gasteiger partial charge is 0.460 e. The van der Waals surface area contributed by atoms with Crippen LogP contribution in [-0.2, 0) is 9.22 Å². The van der Waals surface area contributed by atoms with Crippen molar-refractivity contribution in [2.24, 2.45) is 5.92 Å². The minimum absolute atomic E-state index is 0.128. The monoisotopic (exact) mass is 841 g/mol. The first-order valence-corrected chi connectivity index (χ1v) is 17.7. The summed E-state index contributed by atoms with van der Waals surface area (Å²) in [6.45, 7) is 5.88. The number of rotatable bonds is 20. The maximum absolute atomic E-state index is 14.8. The molecule has 0 aliphatic carbocycles. The third-order valence-electron chi connectivity index (χ3n) is 8.68. The topological polar surface area (TPSA) is 88.0 Å². The zero-order chi connectivity index (χ0) is 42.7. The summed E-state index contributed by atoms with van der Waals surface area (Å²) in [6, 6.07) is 4.20. The molecule has 54 heavy (non-hydrogen) atoms. The number of nitrogens with one attached hydrogen (secondary N) is 1. The van der Waals surface area contributed by atoms with E-state index in [2.05, 4.69) is 0 Å². The van der Waals surface area contributed by atoms with Gasteiger partial charge in [-0.2, -0.15) is 74.6 Å². The fourth-order valence-corrected chi connectivity index (χ4v) is 9.66. The van der Waals surface area contributed by atoms with E-state index in [4.69, 9.17) is 14.4 Å². The lowest BCUT2D eigenvalue weighted by Crippen LogP contribution is -2.74. The number of carbonyl (C=O) groups is 1. The second-order valence-electron chi connectivity index (χ2n) is 12.8. The maximum Gasteiger partial charge on any atom is 0.460 e. The first-order valence-electron chi connectivity index (χ1n) is 15.5. The highest BCUT2D eigenvalue weighted by atomic mass is 28.4. The third kappa shape index (κ3) is 9.05. The van der Waals surface area contributed by atoms with Gasteiger partial charge in [0.25, 0.3) is 5.91 Å². The summed E-state index contributed by atoms with van der Waals surface area (Å²) in [5.41, 5.74) is -0.0305. The molecule has 0 aliphatic rings. The van der Waals surface area contributed by atoms with Crippen LogP contribution in [-0.4, -0.2) is 85.4 Å². The number of amides is 1. The molecule has 1 aromatic carbocycles. The standard InChI is InChI=1S/C30H36F17NO5Si/c1-16(2)54(17(3)4,53-14-13-52-20-9-7-19(8-10-20)22(50)18(5)6-11-21(49)48-51)15-12-23(31,32)24(33,34)25(35,36)26(37,38)27(39,40)28(41,42)29(43,44)30(45,46)47/h6-11,16-18,22,50-51H,12-15H2,1-5H3,(H,48,49)/b11-6+/t18-,22+/m0/s1. The summed E-state index contributed by atoms with van der Waals surface area (Å²) in [6.07, 6.45) is -9.26. The molecule has 0 saturated heterocycles. The Balaban J connectivity index is 3.23. The Morgan fingerprint density at radius 3 is 1.54 bits per heavy atom. The lowest BCUT2D eigenvalue weighted by Gasteiger charge is -2.44. The lowest BCUT2D eigenvalue weighted by atomic mass is 9.88. The minimum atomic E-state index is -8.68. The molecule has 3 N–H and O–H groups in total. The molecule has 1 aromatic rings. The summed E-state index contributed by atoms with van der Waals surface area (Å²) >= 11 is 0. The summed E-state index contributed by atoms with van der Waals surface area (Å²) in [4.78, 5) is 11.1. The Labute approximate surface area is 297 Å². The van der Waals surface area contributed by atoms with Crippen LogP contribution in [0.1, 0.15) is 52.7 Å². The normalized spacial score (nSPS) is 16.0. The minimum Gasteiger partial charge on any atom is -0.491 e. The van der Waals surface area contributed by atoms with E-state index in [1.807, 2.05) is 0 Å². The second-order valence-corrected chi connectivity index (χ2v) is 17.8. The maximum atomic E-state index is 14.8. The van der Waals surface area contributed by atoms with Crippen molar-refractivity contribution in [3.63, 3.8) is 0 Å². The van der Waals surface area contributed by atoms with Gasteiger partial charge in [0.1, 0.15) is 12.4 Å². The van der Waals surface area contributed by atoms with Gasteiger partial charge in [-0.15, -0.1) is 0 Å². The fraction of sp³-hybridized carbons (Fsp3) is 0.700. The van der Waals surface area contributed by atoms with Gasteiger partial charge in [-0.05, 0) is 34.8 Å². The van der Waals surface area contributed by atoms with Crippen LogP contribution < -0.4 is 10.2 Å². The van der Waals surface area contributed by atoms with Crippen LogP contribution in [0.3, 0.4) is 0 Å². The number of carbonyl (C=O) groups excluding carboxylic acids is 1. The van der Waals surface area contributed by atoms with E-state index in [-0.39, 0.29) is 5.75 Å². The molecule has 0 radical (unpaired) electrons. The number of halogens is 17. The van der Waals surface area contributed by atoms with E-state index < -0.39 is 111 Å². The van der Waals surface area contributed by atoms with Crippen molar-refractivity contribution < 1.29 is 98.9 Å². The molecule has 6 nitrogen and oxygen atoms in total. The SMILES string of the molecule is CC(C)[Si](CCC(F)(F)C(F)(F)C(F)(F)C(F)(F)C(F)(F)C(F)(F)C(F)(F)C(F)(F)F)(OCCOc1ccc([C@H](O)[C@@H](C)/C=C/C(=O)NO)cc1)C(C)C. The molecular formula is C30H36F17NO5Si. The molecule has 0 aromatic heterocycles. The summed E-state index contributed by atoms with van der Waals surface area (Å²) in [7, 11) is -3.95. The Hall–Kier alpha value is -2.86. The Bertz CT molecular complexity index is 1410. The van der Waals surface area contributed by atoms with Gasteiger partial charge in [0.05, 0.1) is 12.7 Å². The molecular weight excluding hydrogens is 805 g/mol. The van der Waals surface area contributed by atoms with E-state index >= 15 is 0 Å². The van der Waals surface area contributed by atoms with Gasteiger partial charge in [-0.3, -0.25) is 10.0 Å². The summed E-state index contributed by atoms with van der Waals surface area (Å²) < 4.78 is 245. The molecule has 2 atom stereocenters. The fourth-order valence-electron chi connectivity index (χ4n) is 5.19. The molecule has 0 saturated carbocycles. The van der Waals surface area contributed by atoms with Crippen LogP contribution in [0.15, 0.2) is 36.4 Å². The quantitative estimate of drug-likeness (QED) is 0.0304. The van der Waals surface area contributed by atoms with E-state index in [0.717, 1.165) is 6.08 Å². The average molecular weight is 842 g/mol. The van der Waals surface area contributed by atoms with Gasteiger partial charge < -0.3 is 14.3 Å². The number of hydrogen-bond donors (Lipinski definition) is 3. The Morgan fingerprint density at radius 2 is 1.13 bits per heavy atom. The average Bonchev–Trinajstić information content (AvgIpc) is 3.05. The van der Waals surface area contributed by atoms with Gasteiger partial charge in [0, 0.05) is 18.4 Å². The molecule has 0 bridgehead atoms. The molecule has 1 amide bonds. The first kappa shape index (κ1) is 49.2. The Kier molecular flexibility index (Phi) is 15.2. The van der Waals surface area contributed by atoms with E-state index in [1.165, 1.54) is 70.4 Å². The number of aliphatic hydroxyl groups excluding tert-OH is 1. The van der Waals surface area contributed by atoms with E-state index in [1.54, 1.807) is 0 Å². The highest BCUT2D eigenvalue weighted by Gasteiger charge is 2.95. The van der Waals surface area contributed by atoms with Crippen LogP contribution in [0.2, 0.25) is 17.1 Å². The number of alkyl halides is 17. The largest absolute Gasteiger partial charge is 0.491 e. The van der Waals surface area contributed by atoms with Gasteiger partial charge >= 0.3 is 47.6 Å². The molecule has 1 rings (SSSR count). The van der Waals surface area contributed by atoms with Crippen LogP contribution in [0, 0.1) is 5.92 Å². The zero-order valence-electron chi connectivity index (χ0n) is 28.6. The molecule has 24 heteroatoms. The summed E-state index contributed by atoms with van der Waals surface area (Å²) in [5, 5.41) is 18.9. The Morgan fingerprint density at radius 1 is 0.704 bits per heavy atom. The van der Waals surface area contributed by atoms with Gasteiger partial charge in [-0.25, -0.2) is 5.48 Å². The van der Waals surface area contributed by atoms with Gasteiger partial charge in [-0.1, -0.05) is 52.8 Å². The van der Waals surface area contributed by atoms with Gasteiger partial charge in [0.15, 0.2) is 8.32 Å². The summed E-state index contributed by atoms with van der Waals surface area (Å²) in [5.74, 6) is -58.1. The second kappa shape index (κ2) is 16.7. The molecule has 0 spiro atoms. The van der Waals surface area contributed by atoms with Crippen molar-refractivity contribution in [2.75, 3.05) is 13.2 Å². The van der Waals surface area contributed by atoms with Crippen molar-refractivity contribution >= 4 is 14.2 Å². The zero-order valence-corrected chi connectivity index (χ0v) is 29.6. The van der Waals surface area contributed by atoms with E-state index in [0.29, 0.717) is 5.56 Å². The van der Waals surface area contributed by atoms with Crippen LogP contribution in [0.25, 0.3) is 0 Å². The van der Waals surface area contributed by atoms with Crippen LogP contribution >= 0.6 is 0 Å². The molecule has 314 valence electrons. The lowest BCUT2D eigenvalue weighted by molar-refractivity contribution is -0.461. The van der Waals surface area contributed by atoms with Gasteiger partial charge in [0.2, 0.25) is 0 Å². The number of hydrogen-bond acceptors (Lipinski definition) is 5. The van der Waals surface area contributed by atoms with Crippen molar-refractivity contribution in [3.8, 4) is 5.75 Å². The van der Waals surface area contributed by atoms with Crippen LogP contribution in [0.4, 0.5) is 74.6 Å². The molecule has 0 aliphatic heterocycles.